The summed E-state index contributed by atoms with van der Waals surface area (Å²) in [4.78, 5) is 43.4. The molecule has 0 aliphatic carbocycles. The molecular formula is C21H30N6O4. The molecule has 0 aromatic carbocycles. The maximum atomic E-state index is 13.2. The van der Waals surface area contributed by atoms with Crippen molar-refractivity contribution in [1.29, 1.82) is 0 Å². The van der Waals surface area contributed by atoms with Crippen molar-refractivity contribution >= 4 is 23.6 Å². The maximum Gasteiger partial charge on any atom is 0.407 e. The van der Waals surface area contributed by atoms with Gasteiger partial charge in [-0.1, -0.05) is 0 Å². The van der Waals surface area contributed by atoms with Gasteiger partial charge in [-0.15, -0.1) is 0 Å². The van der Waals surface area contributed by atoms with Crippen molar-refractivity contribution < 1.29 is 19.1 Å². The van der Waals surface area contributed by atoms with E-state index in [4.69, 9.17) is 4.74 Å². The van der Waals surface area contributed by atoms with Crippen LogP contribution in [0.2, 0.25) is 0 Å². The van der Waals surface area contributed by atoms with Crippen LogP contribution in [0.3, 0.4) is 0 Å². The molecule has 1 aliphatic heterocycles. The summed E-state index contributed by atoms with van der Waals surface area (Å²) < 4.78 is 6.75. The molecule has 2 aromatic rings. The van der Waals surface area contributed by atoms with Gasteiger partial charge < -0.3 is 20.3 Å². The van der Waals surface area contributed by atoms with E-state index in [1.807, 2.05) is 0 Å². The highest BCUT2D eigenvalue weighted by molar-refractivity contribution is 6.01. The summed E-state index contributed by atoms with van der Waals surface area (Å²) in [6.07, 6.45) is 4.32. The number of fused-ring (bicyclic) bond motifs is 1. The molecule has 0 radical (unpaired) electrons. The second kappa shape index (κ2) is 9.32. The Morgan fingerprint density at radius 1 is 1.23 bits per heavy atom. The molecule has 3 heterocycles. The fraction of sp³-hybridized carbons (Fsp3) is 0.571. The number of hydrogen-bond acceptors (Lipinski definition) is 6. The number of alkyl carbamates (subject to hydrolysis) is 1. The van der Waals surface area contributed by atoms with E-state index in [1.165, 1.54) is 0 Å². The van der Waals surface area contributed by atoms with Crippen LogP contribution in [-0.2, 0) is 9.53 Å². The van der Waals surface area contributed by atoms with Crippen LogP contribution in [0.4, 0.5) is 4.79 Å². The van der Waals surface area contributed by atoms with Gasteiger partial charge in [0.1, 0.15) is 11.2 Å². The molecule has 0 saturated carbocycles. The number of carbonyl (C=O) groups is 3. The molecule has 1 aliphatic rings. The zero-order valence-corrected chi connectivity index (χ0v) is 18.5. The van der Waals surface area contributed by atoms with E-state index < -0.39 is 11.7 Å². The van der Waals surface area contributed by atoms with Crippen molar-refractivity contribution in [3.8, 4) is 0 Å². The SMILES string of the molecule is Cc1nn2cccnc2c1C(=O)N1CCCC(C(=O)NCCNC(=O)OC(C)(C)C)C1. The minimum Gasteiger partial charge on any atom is -0.444 e. The predicted molar refractivity (Wildman–Crippen MR) is 114 cm³/mol. The van der Waals surface area contributed by atoms with E-state index in [1.54, 1.807) is 55.6 Å². The number of rotatable bonds is 5. The lowest BCUT2D eigenvalue weighted by molar-refractivity contribution is -0.126. The quantitative estimate of drug-likeness (QED) is 0.695. The Balaban J connectivity index is 1.53. The number of aromatic nitrogens is 3. The van der Waals surface area contributed by atoms with Gasteiger partial charge in [0.05, 0.1) is 11.6 Å². The Morgan fingerprint density at radius 2 is 1.97 bits per heavy atom. The molecule has 0 bridgehead atoms. The lowest BCUT2D eigenvalue weighted by Gasteiger charge is -2.32. The Hall–Kier alpha value is -3.17. The summed E-state index contributed by atoms with van der Waals surface area (Å²) in [5.41, 5.74) is 1.04. The Labute approximate surface area is 181 Å². The van der Waals surface area contributed by atoms with Crippen molar-refractivity contribution in [2.45, 2.75) is 46.1 Å². The van der Waals surface area contributed by atoms with E-state index in [2.05, 4.69) is 20.7 Å². The van der Waals surface area contributed by atoms with E-state index >= 15 is 0 Å². The Morgan fingerprint density at radius 3 is 2.71 bits per heavy atom. The average Bonchev–Trinajstić information content (AvgIpc) is 3.05. The fourth-order valence-corrected chi connectivity index (χ4v) is 3.59. The molecule has 3 amide bonds. The summed E-state index contributed by atoms with van der Waals surface area (Å²) in [6.45, 7) is 8.63. The van der Waals surface area contributed by atoms with Crippen LogP contribution < -0.4 is 10.6 Å². The molecule has 0 spiro atoms. The summed E-state index contributed by atoms with van der Waals surface area (Å²) >= 11 is 0. The third-order valence-electron chi connectivity index (χ3n) is 4.96. The largest absolute Gasteiger partial charge is 0.444 e. The minimum absolute atomic E-state index is 0.127. The number of likely N-dealkylation sites (tertiary alicyclic amines) is 1. The fourth-order valence-electron chi connectivity index (χ4n) is 3.59. The van der Waals surface area contributed by atoms with Crippen LogP contribution in [0.5, 0.6) is 0 Å². The van der Waals surface area contributed by atoms with Crippen LogP contribution in [0.15, 0.2) is 18.5 Å². The van der Waals surface area contributed by atoms with E-state index in [-0.39, 0.29) is 24.3 Å². The summed E-state index contributed by atoms with van der Waals surface area (Å²) in [5.74, 6) is -0.581. The van der Waals surface area contributed by atoms with Crippen molar-refractivity contribution in [3.05, 3.63) is 29.7 Å². The molecule has 1 fully saturated rings. The summed E-state index contributed by atoms with van der Waals surface area (Å²) in [7, 11) is 0. The van der Waals surface area contributed by atoms with Gasteiger partial charge in [0.25, 0.3) is 5.91 Å². The monoisotopic (exact) mass is 430 g/mol. The first-order valence-corrected chi connectivity index (χ1v) is 10.5. The third-order valence-corrected chi connectivity index (χ3v) is 4.96. The van der Waals surface area contributed by atoms with Crippen molar-refractivity contribution in [2.75, 3.05) is 26.2 Å². The smallest absolute Gasteiger partial charge is 0.407 e. The topological polar surface area (TPSA) is 118 Å². The number of amides is 3. The van der Waals surface area contributed by atoms with Gasteiger partial charge in [-0.05, 0) is 46.6 Å². The van der Waals surface area contributed by atoms with Gasteiger partial charge in [0, 0.05) is 38.6 Å². The van der Waals surface area contributed by atoms with Crippen LogP contribution in [-0.4, -0.2) is 69.2 Å². The first-order chi connectivity index (χ1) is 14.7. The van der Waals surface area contributed by atoms with E-state index in [0.29, 0.717) is 43.0 Å². The molecule has 1 unspecified atom stereocenters. The molecule has 1 saturated heterocycles. The van der Waals surface area contributed by atoms with E-state index in [0.717, 1.165) is 6.42 Å². The van der Waals surface area contributed by atoms with Crippen LogP contribution in [0.25, 0.3) is 5.65 Å². The lowest BCUT2D eigenvalue weighted by Crippen LogP contribution is -2.46. The normalized spacial score (nSPS) is 16.8. The minimum atomic E-state index is -0.569. The van der Waals surface area contributed by atoms with Gasteiger partial charge in [-0.3, -0.25) is 9.59 Å². The third kappa shape index (κ3) is 5.71. The molecule has 2 aromatic heterocycles. The molecular weight excluding hydrogens is 400 g/mol. The molecule has 10 heteroatoms. The molecule has 31 heavy (non-hydrogen) atoms. The van der Waals surface area contributed by atoms with Gasteiger partial charge in [0.15, 0.2) is 5.65 Å². The number of carbonyl (C=O) groups excluding carboxylic acids is 3. The Kier molecular flexibility index (Phi) is 6.77. The number of hydrogen-bond donors (Lipinski definition) is 2. The summed E-state index contributed by atoms with van der Waals surface area (Å²) in [6, 6.07) is 1.76. The van der Waals surface area contributed by atoms with Crippen molar-refractivity contribution in [2.24, 2.45) is 5.92 Å². The van der Waals surface area contributed by atoms with Gasteiger partial charge in [-0.2, -0.15) is 5.10 Å². The number of aryl methyl sites for hydroxylation is 1. The second-order valence-electron chi connectivity index (χ2n) is 8.66. The number of nitrogens with zero attached hydrogens (tertiary/aromatic N) is 4. The predicted octanol–water partition coefficient (Wildman–Crippen LogP) is 1.53. The summed E-state index contributed by atoms with van der Waals surface area (Å²) in [5, 5.41) is 9.79. The van der Waals surface area contributed by atoms with Crippen molar-refractivity contribution in [3.63, 3.8) is 0 Å². The van der Waals surface area contributed by atoms with Gasteiger partial charge in [0.2, 0.25) is 5.91 Å². The van der Waals surface area contributed by atoms with Crippen molar-refractivity contribution in [1.82, 2.24) is 30.1 Å². The van der Waals surface area contributed by atoms with E-state index in [9.17, 15) is 14.4 Å². The van der Waals surface area contributed by atoms with Gasteiger partial charge >= 0.3 is 6.09 Å². The standard InChI is InChI=1S/C21H30N6O4/c1-14-16(17-22-8-6-12-27(17)25-14)19(29)26-11-5-7-15(13-26)18(28)23-9-10-24-20(30)31-21(2,3)4/h6,8,12,15H,5,7,9-11,13H2,1-4H3,(H,23,28)(H,24,30). The highest BCUT2D eigenvalue weighted by atomic mass is 16.6. The van der Waals surface area contributed by atoms with Gasteiger partial charge in [-0.25, -0.2) is 14.3 Å². The molecule has 2 N–H and O–H groups in total. The molecule has 10 nitrogen and oxygen atoms in total. The number of ether oxygens (including phenoxy) is 1. The zero-order chi connectivity index (χ0) is 22.6. The molecule has 168 valence electrons. The Bertz CT molecular complexity index is 964. The first-order valence-electron chi connectivity index (χ1n) is 10.5. The highest BCUT2D eigenvalue weighted by Crippen LogP contribution is 2.22. The number of piperidine rings is 1. The van der Waals surface area contributed by atoms with Crippen LogP contribution in [0.1, 0.15) is 49.7 Å². The van der Waals surface area contributed by atoms with Crippen LogP contribution in [0, 0.1) is 12.8 Å². The maximum absolute atomic E-state index is 13.2. The lowest BCUT2D eigenvalue weighted by atomic mass is 9.96. The average molecular weight is 431 g/mol. The highest BCUT2D eigenvalue weighted by Gasteiger charge is 2.31. The second-order valence-corrected chi connectivity index (χ2v) is 8.66. The molecule has 1 atom stereocenters. The van der Waals surface area contributed by atoms with Crippen LogP contribution >= 0.6 is 0 Å². The number of nitrogens with one attached hydrogen (secondary N) is 2. The zero-order valence-electron chi connectivity index (χ0n) is 18.5. The molecule has 3 rings (SSSR count). The first kappa shape index (κ1) is 22.5.